The van der Waals surface area contributed by atoms with Gasteiger partial charge in [-0.3, -0.25) is 4.79 Å². The number of amides is 1. The van der Waals surface area contributed by atoms with Crippen LogP contribution in [0.15, 0.2) is 18.2 Å². The van der Waals surface area contributed by atoms with Gasteiger partial charge >= 0.3 is 6.18 Å². The second-order valence-corrected chi connectivity index (χ2v) is 5.43. The summed E-state index contributed by atoms with van der Waals surface area (Å²) in [6, 6.07) is 3.77. The van der Waals surface area contributed by atoms with Gasteiger partial charge in [-0.25, -0.2) is 0 Å². The van der Waals surface area contributed by atoms with Crippen molar-refractivity contribution in [3.05, 3.63) is 29.3 Å². The van der Waals surface area contributed by atoms with E-state index >= 15 is 0 Å². The molecule has 0 aliphatic carbocycles. The maximum atomic E-state index is 12.9. The minimum Gasteiger partial charge on any atom is -0.368 e. The number of nitrogens with one attached hydrogen (secondary N) is 2. The van der Waals surface area contributed by atoms with Crippen LogP contribution < -0.4 is 10.6 Å². The van der Waals surface area contributed by atoms with Gasteiger partial charge in [0.25, 0.3) is 5.91 Å². The van der Waals surface area contributed by atoms with Crippen LogP contribution in [-0.2, 0) is 15.7 Å². The lowest BCUT2D eigenvalue weighted by Gasteiger charge is -2.34. The van der Waals surface area contributed by atoms with E-state index in [1.54, 1.807) is 0 Å². The number of hydrogen-bond acceptors (Lipinski definition) is 3. The van der Waals surface area contributed by atoms with Crippen LogP contribution in [0.1, 0.15) is 24.0 Å². The van der Waals surface area contributed by atoms with E-state index in [1.165, 1.54) is 26.2 Å². The molecule has 1 heterocycles. The van der Waals surface area contributed by atoms with E-state index in [9.17, 15) is 18.0 Å². The van der Waals surface area contributed by atoms with E-state index in [0.29, 0.717) is 25.9 Å². The second kappa shape index (κ2) is 6.26. The van der Waals surface area contributed by atoms with E-state index in [1.807, 2.05) is 0 Å². The van der Waals surface area contributed by atoms with Gasteiger partial charge in [-0.05, 0) is 50.6 Å². The Morgan fingerprint density at radius 1 is 1.32 bits per heavy atom. The highest BCUT2D eigenvalue weighted by Crippen LogP contribution is 2.34. The van der Waals surface area contributed by atoms with Crippen molar-refractivity contribution in [2.75, 3.05) is 25.5 Å². The Morgan fingerprint density at radius 2 is 1.95 bits per heavy atom. The van der Waals surface area contributed by atoms with Crippen LogP contribution in [0.25, 0.3) is 0 Å². The van der Waals surface area contributed by atoms with Gasteiger partial charge in [-0.2, -0.15) is 13.2 Å². The molecule has 0 radical (unpaired) electrons. The second-order valence-electron chi connectivity index (χ2n) is 5.43. The first-order valence-corrected chi connectivity index (χ1v) is 7.04. The number of carbonyl (C=O) groups excluding carboxylic acids is 1. The van der Waals surface area contributed by atoms with E-state index in [-0.39, 0.29) is 11.3 Å². The van der Waals surface area contributed by atoms with Crippen molar-refractivity contribution >= 4 is 11.6 Å². The number of anilines is 1. The van der Waals surface area contributed by atoms with E-state index in [0.717, 1.165) is 6.07 Å². The molecule has 0 saturated carbocycles. The third-order valence-electron chi connectivity index (χ3n) is 4.02. The van der Waals surface area contributed by atoms with Gasteiger partial charge in [0.2, 0.25) is 0 Å². The zero-order chi connectivity index (χ0) is 16.4. The summed E-state index contributed by atoms with van der Waals surface area (Å²) in [5, 5.41) is 5.67. The SMILES string of the molecule is COC1(C(=O)Nc2ccc(C)c(C(F)(F)F)c2)CCNCC1. The lowest BCUT2D eigenvalue weighted by atomic mass is 9.91. The molecular formula is C15H19F3N2O2. The van der Waals surface area contributed by atoms with Gasteiger partial charge in [-0.1, -0.05) is 6.07 Å². The van der Waals surface area contributed by atoms with Crippen LogP contribution in [0, 0.1) is 6.92 Å². The number of aryl methyl sites for hydroxylation is 1. The molecule has 2 N–H and O–H groups in total. The van der Waals surface area contributed by atoms with Gasteiger partial charge in [-0.15, -0.1) is 0 Å². The highest BCUT2D eigenvalue weighted by atomic mass is 19.4. The molecule has 7 heteroatoms. The minimum atomic E-state index is -4.45. The molecule has 0 spiro atoms. The number of hydrogen-bond donors (Lipinski definition) is 2. The molecule has 1 amide bonds. The quantitative estimate of drug-likeness (QED) is 0.901. The summed E-state index contributed by atoms with van der Waals surface area (Å²) in [6.07, 6.45) is -3.49. The largest absolute Gasteiger partial charge is 0.416 e. The fraction of sp³-hybridized carbons (Fsp3) is 0.533. The first-order chi connectivity index (χ1) is 10.3. The molecular weight excluding hydrogens is 297 g/mol. The summed E-state index contributed by atoms with van der Waals surface area (Å²) >= 11 is 0. The predicted molar refractivity (Wildman–Crippen MR) is 76.7 cm³/mol. The lowest BCUT2D eigenvalue weighted by Crippen LogP contribution is -2.51. The van der Waals surface area contributed by atoms with Crippen molar-refractivity contribution in [2.24, 2.45) is 0 Å². The third kappa shape index (κ3) is 3.41. The van der Waals surface area contributed by atoms with Crippen LogP contribution in [0.2, 0.25) is 0 Å². The highest BCUT2D eigenvalue weighted by molar-refractivity contribution is 5.97. The summed E-state index contributed by atoms with van der Waals surface area (Å²) in [6.45, 7) is 2.64. The third-order valence-corrected chi connectivity index (χ3v) is 4.02. The van der Waals surface area contributed by atoms with Crippen LogP contribution >= 0.6 is 0 Å². The number of halogens is 3. The molecule has 1 aromatic carbocycles. The summed E-state index contributed by atoms with van der Waals surface area (Å²) < 4.78 is 44.1. The highest BCUT2D eigenvalue weighted by Gasteiger charge is 2.40. The molecule has 0 aromatic heterocycles. The van der Waals surface area contributed by atoms with Crippen molar-refractivity contribution in [2.45, 2.75) is 31.5 Å². The van der Waals surface area contributed by atoms with E-state index in [4.69, 9.17) is 4.74 Å². The Kier molecular flexibility index (Phi) is 4.77. The molecule has 1 saturated heterocycles. The molecule has 4 nitrogen and oxygen atoms in total. The molecule has 1 aliphatic heterocycles. The van der Waals surface area contributed by atoms with Crippen molar-refractivity contribution < 1.29 is 22.7 Å². The Morgan fingerprint density at radius 3 is 2.50 bits per heavy atom. The smallest absolute Gasteiger partial charge is 0.368 e. The van der Waals surface area contributed by atoms with Crippen molar-refractivity contribution in [3.8, 4) is 0 Å². The topological polar surface area (TPSA) is 50.4 Å². The van der Waals surface area contributed by atoms with Gasteiger partial charge in [0.1, 0.15) is 5.60 Å². The molecule has 2 rings (SSSR count). The van der Waals surface area contributed by atoms with Crippen molar-refractivity contribution in [1.29, 1.82) is 0 Å². The first kappa shape index (κ1) is 16.8. The van der Waals surface area contributed by atoms with Gasteiger partial charge in [0, 0.05) is 12.8 Å². The maximum Gasteiger partial charge on any atom is 0.416 e. The number of carbonyl (C=O) groups is 1. The summed E-state index contributed by atoms with van der Waals surface area (Å²) in [7, 11) is 1.45. The van der Waals surface area contributed by atoms with Crippen LogP contribution in [0.3, 0.4) is 0 Å². The fourth-order valence-corrected chi connectivity index (χ4v) is 2.60. The number of alkyl halides is 3. The van der Waals surface area contributed by atoms with Gasteiger partial charge in [0.15, 0.2) is 0 Å². The zero-order valence-electron chi connectivity index (χ0n) is 12.5. The number of methoxy groups -OCH3 is 1. The standard InChI is InChI=1S/C15H19F3N2O2/c1-10-3-4-11(9-12(10)15(16,17)18)20-13(21)14(22-2)5-7-19-8-6-14/h3-4,9,19H,5-8H2,1-2H3,(H,20,21). The van der Waals surface area contributed by atoms with Crippen LogP contribution in [0.4, 0.5) is 18.9 Å². The number of benzene rings is 1. The summed E-state index contributed by atoms with van der Waals surface area (Å²) in [5.74, 6) is -0.409. The summed E-state index contributed by atoms with van der Waals surface area (Å²) in [4.78, 5) is 12.4. The normalized spacial score (nSPS) is 18.0. The number of rotatable bonds is 3. The fourth-order valence-electron chi connectivity index (χ4n) is 2.60. The average molecular weight is 316 g/mol. The Balaban J connectivity index is 2.21. The molecule has 1 aromatic rings. The molecule has 0 bridgehead atoms. The first-order valence-electron chi connectivity index (χ1n) is 7.04. The van der Waals surface area contributed by atoms with E-state index in [2.05, 4.69) is 10.6 Å². The average Bonchev–Trinajstić information content (AvgIpc) is 2.48. The van der Waals surface area contributed by atoms with Crippen molar-refractivity contribution in [3.63, 3.8) is 0 Å². The zero-order valence-corrected chi connectivity index (χ0v) is 12.5. The monoisotopic (exact) mass is 316 g/mol. The molecule has 1 fully saturated rings. The van der Waals surface area contributed by atoms with Gasteiger partial charge < -0.3 is 15.4 Å². The lowest BCUT2D eigenvalue weighted by molar-refractivity contribution is -0.141. The molecule has 0 atom stereocenters. The molecule has 1 aliphatic rings. The Hall–Kier alpha value is -1.60. The van der Waals surface area contributed by atoms with Crippen molar-refractivity contribution in [1.82, 2.24) is 5.32 Å². The minimum absolute atomic E-state index is 0.119. The molecule has 22 heavy (non-hydrogen) atoms. The number of piperidine rings is 1. The van der Waals surface area contributed by atoms with Crippen LogP contribution in [0.5, 0.6) is 0 Å². The van der Waals surface area contributed by atoms with Gasteiger partial charge in [0.05, 0.1) is 5.56 Å². The molecule has 0 unspecified atom stereocenters. The Labute approximate surface area is 127 Å². The predicted octanol–water partition coefficient (Wildman–Crippen LogP) is 2.72. The Bertz CT molecular complexity index is 552. The van der Waals surface area contributed by atoms with Crippen LogP contribution in [-0.4, -0.2) is 31.7 Å². The van der Waals surface area contributed by atoms with E-state index < -0.39 is 23.2 Å². The maximum absolute atomic E-state index is 12.9. The molecule has 122 valence electrons. The summed E-state index contributed by atoms with van der Waals surface area (Å²) in [5.41, 5.74) is -1.50. The number of ether oxygens (including phenoxy) is 1.